The SMILES string of the molecule is O=C(Cc1c[nH]c2ccccc12)NC1CC=CC1. The number of benzene rings is 1. The van der Waals surface area contributed by atoms with E-state index in [0.29, 0.717) is 12.5 Å². The zero-order valence-corrected chi connectivity index (χ0v) is 10.1. The van der Waals surface area contributed by atoms with E-state index in [4.69, 9.17) is 0 Å². The Bertz CT molecular complexity index is 589. The molecule has 0 unspecified atom stereocenters. The Kier molecular flexibility index (Phi) is 2.89. The van der Waals surface area contributed by atoms with E-state index in [1.54, 1.807) is 0 Å². The van der Waals surface area contributed by atoms with Gasteiger partial charge in [0, 0.05) is 23.1 Å². The van der Waals surface area contributed by atoms with E-state index in [2.05, 4.69) is 22.5 Å². The summed E-state index contributed by atoms with van der Waals surface area (Å²) in [7, 11) is 0. The van der Waals surface area contributed by atoms with E-state index in [-0.39, 0.29) is 5.91 Å². The van der Waals surface area contributed by atoms with Crippen LogP contribution >= 0.6 is 0 Å². The van der Waals surface area contributed by atoms with Gasteiger partial charge in [-0.05, 0) is 24.5 Å². The highest BCUT2D eigenvalue weighted by molar-refractivity contribution is 5.88. The Morgan fingerprint density at radius 3 is 2.89 bits per heavy atom. The van der Waals surface area contributed by atoms with E-state index in [9.17, 15) is 4.79 Å². The summed E-state index contributed by atoms with van der Waals surface area (Å²) in [6, 6.07) is 8.36. The molecule has 0 fully saturated rings. The third-order valence-electron chi connectivity index (χ3n) is 3.40. The van der Waals surface area contributed by atoms with E-state index < -0.39 is 0 Å². The van der Waals surface area contributed by atoms with E-state index >= 15 is 0 Å². The normalized spacial score (nSPS) is 15.3. The topological polar surface area (TPSA) is 44.9 Å². The van der Waals surface area contributed by atoms with Crippen molar-refractivity contribution in [1.29, 1.82) is 0 Å². The largest absolute Gasteiger partial charge is 0.361 e. The number of amides is 1. The lowest BCUT2D eigenvalue weighted by atomic mass is 10.1. The smallest absolute Gasteiger partial charge is 0.224 e. The van der Waals surface area contributed by atoms with Crippen molar-refractivity contribution in [3.63, 3.8) is 0 Å². The summed E-state index contributed by atoms with van der Waals surface area (Å²) in [6.07, 6.45) is 8.53. The summed E-state index contributed by atoms with van der Waals surface area (Å²) >= 11 is 0. The minimum absolute atomic E-state index is 0.105. The second kappa shape index (κ2) is 4.69. The predicted octanol–water partition coefficient (Wildman–Crippen LogP) is 2.55. The maximum atomic E-state index is 12.0. The van der Waals surface area contributed by atoms with Crippen LogP contribution in [-0.4, -0.2) is 16.9 Å². The second-order valence-corrected chi connectivity index (χ2v) is 4.74. The molecule has 0 atom stereocenters. The number of hydrogen-bond acceptors (Lipinski definition) is 1. The first kappa shape index (κ1) is 11.1. The number of carbonyl (C=O) groups excluding carboxylic acids is 1. The van der Waals surface area contributed by atoms with Crippen LogP contribution in [0.4, 0.5) is 0 Å². The van der Waals surface area contributed by atoms with E-state index in [1.807, 2.05) is 30.5 Å². The van der Waals surface area contributed by atoms with Crippen molar-refractivity contribution >= 4 is 16.8 Å². The molecular weight excluding hydrogens is 224 g/mol. The molecule has 1 aliphatic rings. The van der Waals surface area contributed by atoms with Crippen molar-refractivity contribution in [3.05, 3.63) is 48.2 Å². The fourth-order valence-corrected chi connectivity index (χ4v) is 2.46. The number of hydrogen-bond donors (Lipinski definition) is 2. The third kappa shape index (κ3) is 2.16. The third-order valence-corrected chi connectivity index (χ3v) is 3.40. The van der Waals surface area contributed by atoms with Crippen LogP contribution in [0.25, 0.3) is 10.9 Å². The second-order valence-electron chi connectivity index (χ2n) is 4.74. The number of carbonyl (C=O) groups is 1. The number of aromatic nitrogens is 1. The molecule has 0 aliphatic heterocycles. The molecule has 18 heavy (non-hydrogen) atoms. The first-order chi connectivity index (χ1) is 8.83. The van der Waals surface area contributed by atoms with Crippen LogP contribution < -0.4 is 5.32 Å². The van der Waals surface area contributed by atoms with Gasteiger partial charge in [-0.3, -0.25) is 4.79 Å². The highest BCUT2D eigenvalue weighted by Crippen LogP contribution is 2.18. The number of rotatable bonds is 3. The molecule has 3 nitrogen and oxygen atoms in total. The molecule has 3 heteroatoms. The molecule has 2 N–H and O–H groups in total. The van der Waals surface area contributed by atoms with Crippen molar-refractivity contribution in [2.24, 2.45) is 0 Å². The molecular formula is C15H16N2O. The number of nitrogens with one attached hydrogen (secondary N) is 2. The summed E-state index contributed by atoms with van der Waals surface area (Å²) in [5, 5.41) is 4.20. The molecule has 1 aliphatic carbocycles. The van der Waals surface area contributed by atoms with Crippen molar-refractivity contribution in [1.82, 2.24) is 10.3 Å². The Balaban J connectivity index is 1.70. The molecule has 0 saturated carbocycles. The predicted molar refractivity (Wildman–Crippen MR) is 72.3 cm³/mol. The molecule has 1 aromatic heterocycles. The molecule has 1 amide bonds. The lowest BCUT2D eigenvalue weighted by molar-refractivity contribution is -0.121. The number of H-pyrrole nitrogens is 1. The van der Waals surface area contributed by atoms with Crippen LogP contribution in [0.2, 0.25) is 0 Å². The van der Waals surface area contributed by atoms with Gasteiger partial charge in [0.2, 0.25) is 5.91 Å². The first-order valence-corrected chi connectivity index (χ1v) is 6.32. The molecule has 1 heterocycles. The number of para-hydroxylation sites is 1. The maximum absolute atomic E-state index is 12.0. The summed E-state index contributed by atoms with van der Waals surface area (Å²) in [5.74, 6) is 0.105. The number of aromatic amines is 1. The zero-order valence-electron chi connectivity index (χ0n) is 10.1. The van der Waals surface area contributed by atoms with Crippen LogP contribution in [-0.2, 0) is 11.2 Å². The minimum Gasteiger partial charge on any atom is -0.361 e. The van der Waals surface area contributed by atoms with Gasteiger partial charge < -0.3 is 10.3 Å². The van der Waals surface area contributed by atoms with Gasteiger partial charge in [-0.25, -0.2) is 0 Å². The number of fused-ring (bicyclic) bond motifs is 1. The fraction of sp³-hybridized carbons (Fsp3) is 0.267. The average molecular weight is 240 g/mol. The summed E-state index contributed by atoms with van der Waals surface area (Å²) in [5.41, 5.74) is 2.15. The van der Waals surface area contributed by atoms with Gasteiger partial charge >= 0.3 is 0 Å². The Morgan fingerprint density at radius 1 is 1.28 bits per heavy atom. The fourth-order valence-electron chi connectivity index (χ4n) is 2.46. The Morgan fingerprint density at radius 2 is 2.06 bits per heavy atom. The monoisotopic (exact) mass is 240 g/mol. The minimum atomic E-state index is 0.105. The quantitative estimate of drug-likeness (QED) is 0.796. The van der Waals surface area contributed by atoms with Crippen LogP contribution in [0.15, 0.2) is 42.6 Å². The zero-order chi connectivity index (χ0) is 12.4. The van der Waals surface area contributed by atoms with Gasteiger partial charge in [0.15, 0.2) is 0 Å². The Labute approximate surface area is 106 Å². The first-order valence-electron chi connectivity index (χ1n) is 6.32. The van der Waals surface area contributed by atoms with Crippen molar-refractivity contribution < 1.29 is 4.79 Å². The molecule has 1 aromatic carbocycles. The molecule has 3 rings (SSSR count). The molecule has 0 bridgehead atoms. The van der Waals surface area contributed by atoms with E-state index in [0.717, 1.165) is 29.3 Å². The van der Waals surface area contributed by atoms with Gasteiger partial charge in [-0.1, -0.05) is 30.4 Å². The average Bonchev–Trinajstić information content (AvgIpc) is 3.00. The summed E-state index contributed by atoms with van der Waals surface area (Å²) in [6.45, 7) is 0. The molecule has 0 radical (unpaired) electrons. The maximum Gasteiger partial charge on any atom is 0.224 e. The van der Waals surface area contributed by atoms with Gasteiger partial charge in [-0.15, -0.1) is 0 Å². The van der Waals surface area contributed by atoms with Crippen LogP contribution in [0.5, 0.6) is 0 Å². The molecule has 0 saturated heterocycles. The highest BCUT2D eigenvalue weighted by Gasteiger charge is 2.14. The lowest BCUT2D eigenvalue weighted by Crippen LogP contribution is -2.33. The molecule has 92 valence electrons. The van der Waals surface area contributed by atoms with Crippen molar-refractivity contribution in [2.45, 2.75) is 25.3 Å². The van der Waals surface area contributed by atoms with Gasteiger partial charge in [0.05, 0.1) is 6.42 Å². The highest BCUT2D eigenvalue weighted by atomic mass is 16.1. The Hall–Kier alpha value is -2.03. The molecule has 2 aromatic rings. The van der Waals surface area contributed by atoms with Gasteiger partial charge in [0.25, 0.3) is 0 Å². The summed E-state index contributed by atoms with van der Waals surface area (Å²) in [4.78, 5) is 15.2. The van der Waals surface area contributed by atoms with Crippen molar-refractivity contribution in [2.75, 3.05) is 0 Å². The van der Waals surface area contributed by atoms with Crippen LogP contribution in [0.1, 0.15) is 18.4 Å². The van der Waals surface area contributed by atoms with Gasteiger partial charge in [0.1, 0.15) is 0 Å². The summed E-state index contributed by atoms with van der Waals surface area (Å²) < 4.78 is 0. The standard InChI is InChI=1S/C15H16N2O/c18-15(17-12-5-1-2-6-12)9-11-10-16-14-8-4-3-7-13(11)14/h1-4,7-8,10,12,16H,5-6,9H2,(H,17,18). The van der Waals surface area contributed by atoms with E-state index in [1.165, 1.54) is 0 Å². The van der Waals surface area contributed by atoms with Crippen LogP contribution in [0.3, 0.4) is 0 Å². The van der Waals surface area contributed by atoms with Crippen LogP contribution in [0, 0.1) is 0 Å². The van der Waals surface area contributed by atoms with Gasteiger partial charge in [-0.2, -0.15) is 0 Å². The molecule has 0 spiro atoms. The lowest BCUT2D eigenvalue weighted by Gasteiger charge is -2.11. The van der Waals surface area contributed by atoms with Crippen molar-refractivity contribution in [3.8, 4) is 0 Å².